The van der Waals surface area contributed by atoms with Gasteiger partial charge in [0.25, 0.3) is 5.91 Å². The number of anilines is 1. The zero-order valence-corrected chi connectivity index (χ0v) is 13.8. The number of carbonyl (C=O) groups excluding carboxylic acids is 3. The van der Waals surface area contributed by atoms with Crippen LogP contribution in [0.2, 0.25) is 0 Å². The topological polar surface area (TPSA) is 109 Å². The van der Waals surface area contributed by atoms with Crippen LogP contribution < -0.4 is 16.0 Å². The molecule has 3 N–H and O–H groups in total. The summed E-state index contributed by atoms with van der Waals surface area (Å²) in [5.74, 6) is -0.384. The maximum Gasteiger partial charge on any atom is 0.340 e. The Morgan fingerprint density at radius 1 is 1.29 bits per heavy atom. The van der Waals surface area contributed by atoms with Crippen molar-refractivity contribution in [1.29, 1.82) is 0 Å². The summed E-state index contributed by atoms with van der Waals surface area (Å²) in [5.41, 5.74) is 0.244. The highest BCUT2D eigenvalue weighted by atomic mass is 16.5. The van der Waals surface area contributed by atoms with Crippen LogP contribution in [0.3, 0.4) is 0 Å². The first kappa shape index (κ1) is 17.7. The van der Waals surface area contributed by atoms with Crippen LogP contribution in [0.25, 0.3) is 0 Å². The third kappa shape index (κ3) is 6.23. The number of amides is 3. The van der Waals surface area contributed by atoms with E-state index in [0.29, 0.717) is 18.4 Å². The quantitative estimate of drug-likeness (QED) is 0.648. The standard InChI is InChI=1S/C16H22N4O4/c1-10(2)7-18-16(23)20-14(21)9-24-15(22)11-3-6-13(17-8-11)19-12-4-5-12/h3,6,8,10,12H,4-5,7,9H2,1-2H3,(H,17,19)(H2,18,20,21,23). The van der Waals surface area contributed by atoms with E-state index in [2.05, 4.69) is 20.9 Å². The zero-order chi connectivity index (χ0) is 17.5. The maximum absolute atomic E-state index is 11.8. The van der Waals surface area contributed by atoms with Crippen LogP contribution in [-0.2, 0) is 9.53 Å². The van der Waals surface area contributed by atoms with Crippen LogP contribution in [-0.4, -0.2) is 42.1 Å². The Kier molecular flexibility index (Phi) is 6.11. The monoisotopic (exact) mass is 334 g/mol. The first-order chi connectivity index (χ1) is 11.4. The van der Waals surface area contributed by atoms with Gasteiger partial charge in [-0.3, -0.25) is 10.1 Å². The van der Waals surface area contributed by atoms with Gasteiger partial charge in [0.2, 0.25) is 0 Å². The molecule has 1 aliphatic carbocycles. The fourth-order valence-corrected chi connectivity index (χ4v) is 1.75. The minimum absolute atomic E-state index is 0.244. The van der Waals surface area contributed by atoms with Gasteiger partial charge in [-0.15, -0.1) is 0 Å². The molecule has 1 heterocycles. The van der Waals surface area contributed by atoms with Gasteiger partial charge in [-0.1, -0.05) is 13.8 Å². The Balaban J connectivity index is 1.71. The molecule has 8 heteroatoms. The van der Waals surface area contributed by atoms with Gasteiger partial charge in [0.15, 0.2) is 6.61 Å². The zero-order valence-electron chi connectivity index (χ0n) is 13.8. The van der Waals surface area contributed by atoms with Gasteiger partial charge in [-0.05, 0) is 30.9 Å². The summed E-state index contributed by atoms with van der Waals surface area (Å²) in [6.07, 6.45) is 3.65. The lowest BCUT2D eigenvalue weighted by Gasteiger charge is -2.09. The second-order valence-electron chi connectivity index (χ2n) is 6.08. The van der Waals surface area contributed by atoms with E-state index in [1.54, 1.807) is 12.1 Å². The van der Waals surface area contributed by atoms with Crippen LogP contribution in [0.4, 0.5) is 10.6 Å². The van der Waals surface area contributed by atoms with Crippen molar-refractivity contribution in [2.45, 2.75) is 32.7 Å². The van der Waals surface area contributed by atoms with Gasteiger partial charge in [0, 0.05) is 18.8 Å². The van der Waals surface area contributed by atoms with Crippen molar-refractivity contribution < 1.29 is 19.1 Å². The molecule has 0 spiro atoms. The highest BCUT2D eigenvalue weighted by molar-refractivity contribution is 5.96. The Hall–Kier alpha value is -2.64. The lowest BCUT2D eigenvalue weighted by atomic mass is 10.2. The summed E-state index contributed by atoms with van der Waals surface area (Å²) in [7, 11) is 0. The second kappa shape index (κ2) is 8.28. The van der Waals surface area contributed by atoms with E-state index in [1.807, 2.05) is 13.8 Å². The fourth-order valence-electron chi connectivity index (χ4n) is 1.75. The molecule has 0 aromatic carbocycles. The SMILES string of the molecule is CC(C)CNC(=O)NC(=O)COC(=O)c1ccc(NC2CC2)nc1. The molecule has 8 nitrogen and oxygen atoms in total. The smallest absolute Gasteiger partial charge is 0.340 e. The van der Waals surface area contributed by atoms with Gasteiger partial charge in [-0.25, -0.2) is 14.6 Å². The molecule has 2 rings (SSSR count). The van der Waals surface area contributed by atoms with E-state index in [1.165, 1.54) is 6.20 Å². The molecule has 1 saturated carbocycles. The van der Waals surface area contributed by atoms with Gasteiger partial charge in [0.05, 0.1) is 5.56 Å². The summed E-state index contributed by atoms with van der Waals surface area (Å²) in [5, 5.41) is 7.82. The third-order valence-electron chi connectivity index (χ3n) is 3.19. The van der Waals surface area contributed by atoms with Crippen molar-refractivity contribution in [3.63, 3.8) is 0 Å². The number of hydrogen-bond acceptors (Lipinski definition) is 6. The first-order valence-corrected chi connectivity index (χ1v) is 7.91. The number of esters is 1. The fraction of sp³-hybridized carbons (Fsp3) is 0.500. The van der Waals surface area contributed by atoms with Gasteiger partial charge < -0.3 is 15.4 Å². The Morgan fingerprint density at radius 3 is 2.62 bits per heavy atom. The molecule has 0 unspecified atom stereocenters. The molecule has 0 saturated heterocycles. The molecule has 0 radical (unpaired) electrons. The number of aromatic nitrogens is 1. The van der Waals surface area contributed by atoms with Crippen molar-refractivity contribution >= 4 is 23.7 Å². The second-order valence-corrected chi connectivity index (χ2v) is 6.08. The summed E-state index contributed by atoms with van der Waals surface area (Å²) < 4.78 is 4.86. The van der Waals surface area contributed by atoms with Gasteiger partial charge in [-0.2, -0.15) is 0 Å². The number of nitrogens with one attached hydrogen (secondary N) is 3. The van der Waals surface area contributed by atoms with Crippen molar-refractivity contribution in [1.82, 2.24) is 15.6 Å². The molecule has 0 bridgehead atoms. The van der Waals surface area contributed by atoms with E-state index in [4.69, 9.17) is 4.74 Å². The van der Waals surface area contributed by atoms with Crippen molar-refractivity contribution in [2.24, 2.45) is 5.92 Å². The summed E-state index contributed by atoms with van der Waals surface area (Å²) in [4.78, 5) is 38.9. The molecule has 24 heavy (non-hydrogen) atoms. The molecular formula is C16H22N4O4. The molecule has 0 aliphatic heterocycles. The van der Waals surface area contributed by atoms with Crippen molar-refractivity contribution in [3.8, 4) is 0 Å². The number of carbonyl (C=O) groups is 3. The van der Waals surface area contributed by atoms with Gasteiger partial charge >= 0.3 is 12.0 Å². The normalized spacial score (nSPS) is 13.3. The van der Waals surface area contributed by atoms with E-state index in [-0.39, 0.29) is 11.5 Å². The predicted octanol–water partition coefficient (Wildman–Crippen LogP) is 1.29. The Bertz CT molecular complexity index is 597. The molecule has 1 aliphatic rings. The lowest BCUT2D eigenvalue weighted by molar-refractivity contribution is -0.123. The van der Waals surface area contributed by atoms with Crippen LogP contribution in [0, 0.1) is 5.92 Å². The minimum atomic E-state index is -0.690. The summed E-state index contributed by atoms with van der Waals surface area (Å²) in [6, 6.07) is 3.13. The lowest BCUT2D eigenvalue weighted by Crippen LogP contribution is -2.42. The molecule has 130 valence electrons. The Morgan fingerprint density at radius 2 is 2.04 bits per heavy atom. The van der Waals surface area contributed by atoms with Crippen LogP contribution in [0.1, 0.15) is 37.0 Å². The summed E-state index contributed by atoms with van der Waals surface area (Å²) >= 11 is 0. The average Bonchev–Trinajstić information content (AvgIpc) is 3.35. The van der Waals surface area contributed by atoms with E-state index >= 15 is 0 Å². The number of hydrogen-bond donors (Lipinski definition) is 3. The molecule has 3 amide bonds. The first-order valence-electron chi connectivity index (χ1n) is 7.91. The number of urea groups is 1. The largest absolute Gasteiger partial charge is 0.452 e. The van der Waals surface area contributed by atoms with E-state index in [0.717, 1.165) is 12.8 Å². The van der Waals surface area contributed by atoms with Crippen LogP contribution in [0.15, 0.2) is 18.3 Å². The maximum atomic E-state index is 11.8. The van der Waals surface area contributed by atoms with E-state index < -0.39 is 24.5 Å². The van der Waals surface area contributed by atoms with Gasteiger partial charge in [0.1, 0.15) is 5.82 Å². The molecule has 1 fully saturated rings. The number of imide groups is 1. The Labute approximate surface area is 140 Å². The third-order valence-corrected chi connectivity index (χ3v) is 3.19. The number of nitrogens with zero attached hydrogens (tertiary/aromatic N) is 1. The van der Waals surface area contributed by atoms with Crippen LogP contribution >= 0.6 is 0 Å². The van der Waals surface area contributed by atoms with E-state index in [9.17, 15) is 14.4 Å². The van der Waals surface area contributed by atoms with Crippen molar-refractivity contribution in [3.05, 3.63) is 23.9 Å². The average molecular weight is 334 g/mol. The predicted molar refractivity (Wildman–Crippen MR) is 87.5 cm³/mol. The molecule has 0 atom stereocenters. The highest BCUT2D eigenvalue weighted by Crippen LogP contribution is 2.23. The number of ether oxygens (including phenoxy) is 1. The molecule has 1 aromatic heterocycles. The number of pyridine rings is 1. The molecular weight excluding hydrogens is 312 g/mol. The minimum Gasteiger partial charge on any atom is -0.452 e. The molecule has 1 aromatic rings. The highest BCUT2D eigenvalue weighted by Gasteiger charge is 2.21. The number of rotatable bonds is 7. The van der Waals surface area contributed by atoms with Crippen molar-refractivity contribution in [2.75, 3.05) is 18.5 Å². The van der Waals surface area contributed by atoms with Crippen LogP contribution in [0.5, 0.6) is 0 Å². The summed E-state index contributed by atoms with van der Waals surface area (Å²) in [6.45, 7) is 3.79.